The Morgan fingerprint density at radius 2 is 2.08 bits per heavy atom. The molecule has 138 valence electrons. The minimum absolute atomic E-state index is 0.0327. The molecule has 0 aliphatic carbocycles. The predicted octanol–water partition coefficient (Wildman–Crippen LogP) is 2.81. The number of nitrogens with zero attached hydrogens (tertiary/aromatic N) is 2. The molecule has 1 aromatic rings. The van der Waals surface area contributed by atoms with Gasteiger partial charge in [-0.05, 0) is 71.1 Å². The third-order valence-corrected chi connectivity index (χ3v) is 6.03. The van der Waals surface area contributed by atoms with E-state index >= 15 is 0 Å². The van der Waals surface area contributed by atoms with E-state index in [1.807, 2.05) is 0 Å². The third kappa shape index (κ3) is 4.06. The highest BCUT2D eigenvalue weighted by molar-refractivity contribution is 5.82. The summed E-state index contributed by atoms with van der Waals surface area (Å²) < 4.78 is 0. The summed E-state index contributed by atoms with van der Waals surface area (Å²) in [5.41, 5.74) is 2.81. The molecule has 0 radical (unpaired) electrons. The van der Waals surface area contributed by atoms with Gasteiger partial charge in [-0.3, -0.25) is 9.69 Å². The van der Waals surface area contributed by atoms with Crippen LogP contribution in [0.2, 0.25) is 0 Å². The summed E-state index contributed by atoms with van der Waals surface area (Å²) in [6.45, 7) is 10.3. The summed E-state index contributed by atoms with van der Waals surface area (Å²) >= 11 is 0. The van der Waals surface area contributed by atoms with E-state index < -0.39 is 0 Å². The molecule has 0 aromatic heterocycles. The van der Waals surface area contributed by atoms with E-state index in [1.165, 1.54) is 24.0 Å². The molecule has 2 fully saturated rings. The van der Waals surface area contributed by atoms with Crippen LogP contribution >= 0.6 is 0 Å². The fourth-order valence-electron chi connectivity index (χ4n) is 4.58. The highest BCUT2D eigenvalue weighted by Crippen LogP contribution is 2.41. The smallest absolute Gasteiger partial charge is 0.240 e. The van der Waals surface area contributed by atoms with Crippen LogP contribution in [0.25, 0.3) is 0 Å². The first-order valence-electron chi connectivity index (χ1n) is 9.67. The molecule has 1 aromatic carbocycles. The molecule has 1 unspecified atom stereocenters. The Balaban J connectivity index is 1.74. The number of likely N-dealkylation sites (N-methyl/N-ethyl adjacent to an activating group) is 1. The first kappa shape index (κ1) is 18.4. The van der Waals surface area contributed by atoms with Crippen molar-refractivity contribution >= 4 is 5.91 Å². The molecule has 2 heterocycles. The first-order valence-corrected chi connectivity index (χ1v) is 9.67. The van der Waals surface area contributed by atoms with E-state index in [9.17, 15) is 4.79 Å². The van der Waals surface area contributed by atoms with Gasteiger partial charge < -0.3 is 10.2 Å². The number of amides is 1. The summed E-state index contributed by atoms with van der Waals surface area (Å²) in [5.74, 6) is 0.300. The SMILES string of the molecule is Cc1cccc(CN(C(=O)C2CC3(CCNCC3)CN2C)C(C)C)c1. The third-order valence-electron chi connectivity index (χ3n) is 6.03. The van der Waals surface area contributed by atoms with Gasteiger partial charge in [0.05, 0.1) is 6.04 Å². The molecule has 1 atom stereocenters. The maximum Gasteiger partial charge on any atom is 0.240 e. The average molecular weight is 344 g/mol. The van der Waals surface area contributed by atoms with Crippen LogP contribution in [-0.4, -0.2) is 54.5 Å². The van der Waals surface area contributed by atoms with Gasteiger partial charge in [0.1, 0.15) is 0 Å². The van der Waals surface area contributed by atoms with Crippen LogP contribution < -0.4 is 5.32 Å². The van der Waals surface area contributed by atoms with Gasteiger partial charge in [0.15, 0.2) is 0 Å². The number of rotatable bonds is 4. The Kier molecular flexibility index (Phi) is 5.49. The van der Waals surface area contributed by atoms with Gasteiger partial charge in [-0.1, -0.05) is 29.8 Å². The first-order chi connectivity index (χ1) is 11.9. The fourth-order valence-corrected chi connectivity index (χ4v) is 4.58. The molecule has 2 aliphatic heterocycles. The molecule has 1 amide bonds. The molecule has 1 N–H and O–H groups in total. The number of benzene rings is 1. The quantitative estimate of drug-likeness (QED) is 0.913. The summed E-state index contributed by atoms with van der Waals surface area (Å²) in [5, 5.41) is 3.46. The van der Waals surface area contributed by atoms with Crippen LogP contribution in [0.4, 0.5) is 0 Å². The molecule has 2 aliphatic rings. The Labute approximate surface area is 152 Å². The standard InChI is InChI=1S/C21H33N3O/c1-16(2)24(14-18-7-5-6-17(3)12-18)20(25)19-13-21(15-23(19)4)8-10-22-11-9-21/h5-7,12,16,19,22H,8-11,13-15H2,1-4H3. The average Bonchev–Trinajstić information content (AvgIpc) is 2.88. The number of hydrogen-bond acceptors (Lipinski definition) is 3. The van der Waals surface area contributed by atoms with E-state index in [4.69, 9.17) is 0 Å². The Bertz CT molecular complexity index is 607. The van der Waals surface area contributed by atoms with Crippen molar-refractivity contribution in [3.05, 3.63) is 35.4 Å². The van der Waals surface area contributed by atoms with Crippen molar-refractivity contribution < 1.29 is 4.79 Å². The number of piperidine rings is 1. The molecule has 1 spiro atoms. The lowest BCUT2D eigenvalue weighted by atomic mass is 9.77. The molecule has 25 heavy (non-hydrogen) atoms. The molecule has 4 nitrogen and oxygen atoms in total. The van der Waals surface area contributed by atoms with Crippen LogP contribution in [0.15, 0.2) is 24.3 Å². The zero-order chi connectivity index (χ0) is 18.0. The maximum absolute atomic E-state index is 13.4. The molecule has 0 bridgehead atoms. The second-order valence-corrected chi connectivity index (χ2v) is 8.43. The summed E-state index contributed by atoms with van der Waals surface area (Å²) in [6.07, 6.45) is 3.41. The van der Waals surface area contributed by atoms with Gasteiger partial charge in [-0.15, -0.1) is 0 Å². The van der Waals surface area contributed by atoms with E-state index in [0.29, 0.717) is 17.9 Å². The van der Waals surface area contributed by atoms with Crippen molar-refractivity contribution in [1.82, 2.24) is 15.1 Å². The lowest BCUT2D eigenvalue weighted by molar-refractivity contribution is -0.138. The van der Waals surface area contributed by atoms with Crippen LogP contribution in [0.1, 0.15) is 44.2 Å². The highest BCUT2D eigenvalue weighted by atomic mass is 16.2. The molecule has 2 saturated heterocycles. The van der Waals surface area contributed by atoms with E-state index in [1.54, 1.807) is 0 Å². The van der Waals surface area contributed by atoms with Crippen LogP contribution in [0.3, 0.4) is 0 Å². The fraction of sp³-hybridized carbons (Fsp3) is 0.667. The van der Waals surface area contributed by atoms with Gasteiger partial charge in [0.2, 0.25) is 5.91 Å². The molecular formula is C21H33N3O. The maximum atomic E-state index is 13.4. The lowest BCUT2D eigenvalue weighted by Gasteiger charge is -2.34. The predicted molar refractivity (Wildman–Crippen MR) is 102 cm³/mol. The summed E-state index contributed by atoms with van der Waals surface area (Å²) in [6, 6.07) is 8.75. The topological polar surface area (TPSA) is 35.6 Å². The number of nitrogens with one attached hydrogen (secondary N) is 1. The Morgan fingerprint density at radius 1 is 1.36 bits per heavy atom. The Morgan fingerprint density at radius 3 is 2.72 bits per heavy atom. The van der Waals surface area contributed by atoms with Gasteiger partial charge in [0.25, 0.3) is 0 Å². The summed E-state index contributed by atoms with van der Waals surface area (Å²) in [7, 11) is 2.13. The number of likely N-dealkylation sites (tertiary alicyclic amines) is 1. The van der Waals surface area contributed by atoms with Crippen molar-refractivity contribution in [2.45, 2.75) is 58.7 Å². The minimum Gasteiger partial charge on any atom is -0.335 e. The second-order valence-electron chi connectivity index (χ2n) is 8.43. The zero-order valence-corrected chi connectivity index (χ0v) is 16.2. The van der Waals surface area contributed by atoms with Gasteiger partial charge in [0, 0.05) is 19.1 Å². The Hall–Kier alpha value is -1.39. The normalized spacial score (nSPS) is 23.3. The van der Waals surface area contributed by atoms with Crippen LogP contribution in [0.5, 0.6) is 0 Å². The largest absolute Gasteiger partial charge is 0.335 e. The van der Waals surface area contributed by atoms with Crippen LogP contribution in [0, 0.1) is 12.3 Å². The second kappa shape index (κ2) is 7.46. The molecule has 0 saturated carbocycles. The monoisotopic (exact) mass is 343 g/mol. The highest BCUT2D eigenvalue weighted by Gasteiger charge is 2.46. The van der Waals surface area contributed by atoms with E-state index in [2.05, 4.69) is 67.2 Å². The lowest BCUT2D eigenvalue weighted by Crippen LogP contribution is -2.46. The molecular weight excluding hydrogens is 310 g/mol. The van der Waals surface area contributed by atoms with E-state index in [0.717, 1.165) is 26.1 Å². The van der Waals surface area contributed by atoms with Crippen molar-refractivity contribution in [2.75, 3.05) is 26.7 Å². The van der Waals surface area contributed by atoms with E-state index in [-0.39, 0.29) is 12.1 Å². The van der Waals surface area contributed by atoms with Gasteiger partial charge >= 0.3 is 0 Å². The van der Waals surface area contributed by atoms with Crippen molar-refractivity contribution in [1.29, 1.82) is 0 Å². The zero-order valence-electron chi connectivity index (χ0n) is 16.2. The number of carbonyl (C=O) groups is 1. The van der Waals surface area contributed by atoms with Gasteiger partial charge in [-0.25, -0.2) is 0 Å². The molecule has 4 heteroatoms. The van der Waals surface area contributed by atoms with Crippen LogP contribution in [-0.2, 0) is 11.3 Å². The van der Waals surface area contributed by atoms with Crippen molar-refractivity contribution in [3.8, 4) is 0 Å². The van der Waals surface area contributed by atoms with Gasteiger partial charge in [-0.2, -0.15) is 0 Å². The van der Waals surface area contributed by atoms with Crippen molar-refractivity contribution in [2.24, 2.45) is 5.41 Å². The van der Waals surface area contributed by atoms with Crippen molar-refractivity contribution in [3.63, 3.8) is 0 Å². The minimum atomic E-state index is 0.0327. The number of hydrogen-bond donors (Lipinski definition) is 1. The number of aryl methyl sites for hydroxylation is 1. The number of carbonyl (C=O) groups excluding carboxylic acids is 1. The molecule has 3 rings (SSSR count). The summed E-state index contributed by atoms with van der Waals surface area (Å²) in [4.78, 5) is 17.8.